The molecule has 19 heavy (non-hydrogen) atoms. The van der Waals surface area contributed by atoms with Crippen molar-refractivity contribution in [3.8, 4) is 5.75 Å². The second-order valence-corrected chi connectivity index (χ2v) is 4.41. The number of hydrogen-bond acceptors (Lipinski definition) is 3. The maximum atomic E-state index is 5.47. The van der Waals surface area contributed by atoms with Gasteiger partial charge in [-0.2, -0.15) is 0 Å². The first-order valence-electron chi connectivity index (χ1n) is 6.63. The van der Waals surface area contributed by atoms with E-state index in [0.717, 1.165) is 24.3 Å². The Labute approximate surface area is 114 Å². The van der Waals surface area contributed by atoms with Crippen LogP contribution in [0.1, 0.15) is 30.5 Å². The van der Waals surface area contributed by atoms with Crippen LogP contribution in [0.15, 0.2) is 48.8 Å². The highest BCUT2D eigenvalue weighted by Gasteiger charge is 2.16. The van der Waals surface area contributed by atoms with E-state index in [2.05, 4.69) is 23.3 Å². The van der Waals surface area contributed by atoms with Crippen LogP contribution in [0.4, 0.5) is 0 Å². The van der Waals surface area contributed by atoms with Crippen molar-refractivity contribution in [2.24, 2.45) is 0 Å². The molecule has 0 bridgehead atoms. The molecule has 0 saturated heterocycles. The molecule has 1 N–H and O–H groups in total. The molecule has 2 aromatic rings. The Bertz CT molecular complexity index is 499. The molecule has 0 spiro atoms. The molecule has 2 rings (SSSR count). The van der Waals surface area contributed by atoms with Crippen molar-refractivity contribution >= 4 is 0 Å². The number of rotatable bonds is 6. The summed E-state index contributed by atoms with van der Waals surface area (Å²) in [5, 5.41) is 3.57. The van der Waals surface area contributed by atoms with Crippen molar-refractivity contribution in [1.82, 2.24) is 10.3 Å². The van der Waals surface area contributed by atoms with E-state index in [1.165, 1.54) is 5.56 Å². The van der Waals surface area contributed by atoms with E-state index >= 15 is 0 Å². The summed E-state index contributed by atoms with van der Waals surface area (Å²) in [6, 6.07) is 12.4. The fourth-order valence-electron chi connectivity index (χ4n) is 2.16. The number of benzene rings is 1. The molecule has 0 aliphatic rings. The predicted molar refractivity (Wildman–Crippen MR) is 77.4 cm³/mol. The highest BCUT2D eigenvalue weighted by Crippen LogP contribution is 2.29. The summed E-state index contributed by atoms with van der Waals surface area (Å²) in [7, 11) is 1.71. The normalized spacial score (nSPS) is 12.1. The minimum absolute atomic E-state index is 0.138. The quantitative estimate of drug-likeness (QED) is 0.862. The second-order valence-electron chi connectivity index (χ2n) is 4.41. The Morgan fingerprint density at radius 2 is 1.89 bits per heavy atom. The van der Waals surface area contributed by atoms with Crippen molar-refractivity contribution < 1.29 is 4.74 Å². The number of ether oxygens (including phenoxy) is 1. The molecular formula is C16H20N2O. The van der Waals surface area contributed by atoms with Gasteiger partial charge in [-0.1, -0.05) is 25.1 Å². The van der Waals surface area contributed by atoms with E-state index in [4.69, 9.17) is 4.74 Å². The van der Waals surface area contributed by atoms with Gasteiger partial charge in [-0.3, -0.25) is 4.98 Å². The zero-order valence-electron chi connectivity index (χ0n) is 11.5. The summed E-state index contributed by atoms with van der Waals surface area (Å²) in [4.78, 5) is 4.09. The lowest BCUT2D eigenvalue weighted by atomic mass is 9.98. The number of pyridine rings is 1. The van der Waals surface area contributed by atoms with E-state index in [-0.39, 0.29) is 6.04 Å². The van der Waals surface area contributed by atoms with Crippen LogP contribution in [0.5, 0.6) is 5.75 Å². The number of nitrogens with one attached hydrogen (secondary N) is 1. The van der Waals surface area contributed by atoms with Crippen molar-refractivity contribution in [2.45, 2.75) is 19.4 Å². The molecule has 0 aliphatic carbocycles. The fraction of sp³-hybridized carbons (Fsp3) is 0.312. The van der Waals surface area contributed by atoms with Crippen LogP contribution in [-0.2, 0) is 0 Å². The van der Waals surface area contributed by atoms with Crippen molar-refractivity contribution in [1.29, 1.82) is 0 Å². The lowest BCUT2D eigenvalue weighted by molar-refractivity contribution is 0.404. The first-order chi connectivity index (χ1) is 9.36. The summed E-state index contributed by atoms with van der Waals surface area (Å²) in [6.07, 6.45) is 4.74. The Kier molecular flexibility index (Phi) is 4.93. The van der Waals surface area contributed by atoms with Gasteiger partial charge in [0.05, 0.1) is 13.2 Å². The molecule has 1 aromatic carbocycles. The Hall–Kier alpha value is -1.87. The van der Waals surface area contributed by atoms with E-state index in [1.54, 1.807) is 7.11 Å². The third kappa shape index (κ3) is 3.32. The van der Waals surface area contributed by atoms with Crippen molar-refractivity contribution in [2.75, 3.05) is 13.7 Å². The zero-order chi connectivity index (χ0) is 13.5. The monoisotopic (exact) mass is 256 g/mol. The molecule has 100 valence electrons. The molecule has 0 saturated carbocycles. The summed E-state index contributed by atoms with van der Waals surface area (Å²) in [5.41, 5.74) is 2.36. The molecule has 1 aromatic heterocycles. The topological polar surface area (TPSA) is 34.2 Å². The average molecular weight is 256 g/mol. The van der Waals surface area contributed by atoms with Gasteiger partial charge in [-0.25, -0.2) is 0 Å². The fourth-order valence-corrected chi connectivity index (χ4v) is 2.16. The Morgan fingerprint density at radius 1 is 1.16 bits per heavy atom. The van der Waals surface area contributed by atoms with Gasteiger partial charge in [-0.15, -0.1) is 0 Å². The molecule has 0 amide bonds. The van der Waals surface area contributed by atoms with Crippen LogP contribution in [-0.4, -0.2) is 18.6 Å². The first kappa shape index (κ1) is 13.6. The highest BCUT2D eigenvalue weighted by molar-refractivity contribution is 5.41. The third-order valence-corrected chi connectivity index (χ3v) is 3.09. The van der Waals surface area contributed by atoms with E-state index in [9.17, 15) is 0 Å². The van der Waals surface area contributed by atoms with Crippen LogP contribution < -0.4 is 10.1 Å². The van der Waals surface area contributed by atoms with Gasteiger partial charge < -0.3 is 10.1 Å². The molecule has 0 radical (unpaired) electrons. The summed E-state index contributed by atoms with van der Waals surface area (Å²) in [6.45, 7) is 3.13. The Morgan fingerprint density at radius 3 is 2.58 bits per heavy atom. The van der Waals surface area contributed by atoms with Gasteiger partial charge in [0.1, 0.15) is 5.75 Å². The molecule has 1 unspecified atom stereocenters. The van der Waals surface area contributed by atoms with Crippen LogP contribution in [0, 0.1) is 0 Å². The molecule has 0 fully saturated rings. The molecule has 0 aliphatic heterocycles. The van der Waals surface area contributed by atoms with Gasteiger partial charge in [-0.05, 0) is 36.7 Å². The first-order valence-corrected chi connectivity index (χ1v) is 6.63. The molecule has 3 heteroatoms. The number of methoxy groups -OCH3 is 1. The number of hydrogen-bond donors (Lipinski definition) is 1. The van der Waals surface area contributed by atoms with Crippen LogP contribution >= 0.6 is 0 Å². The zero-order valence-corrected chi connectivity index (χ0v) is 11.5. The molecule has 1 atom stereocenters. The second kappa shape index (κ2) is 6.90. The van der Waals surface area contributed by atoms with Gasteiger partial charge in [0.15, 0.2) is 0 Å². The third-order valence-electron chi connectivity index (χ3n) is 3.09. The minimum Gasteiger partial charge on any atom is -0.496 e. The van der Waals surface area contributed by atoms with Crippen molar-refractivity contribution in [3.05, 3.63) is 59.9 Å². The van der Waals surface area contributed by atoms with Gasteiger partial charge in [0.25, 0.3) is 0 Å². The van der Waals surface area contributed by atoms with Crippen LogP contribution in [0.25, 0.3) is 0 Å². The molecule has 1 heterocycles. The standard InChI is InChI=1S/C16H20N2O/c1-3-10-18-16(13-8-11-17-12-9-13)14-6-4-5-7-15(14)19-2/h4-9,11-12,16,18H,3,10H2,1-2H3. The van der Waals surface area contributed by atoms with E-state index in [0.29, 0.717) is 0 Å². The number of aromatic nitrogens is 1. The summed E-state index contributed by atoms with van der Waals surface area (Å²) in [5.74, 6) is 0.910. The predicted octanol–water partition coefficient (Wildman–Crippen LogP) is 3.18. The smallest absolute Gasteiger partial charge is 0.123 e. The van der Waals surface area contributed by atoms with E-state index in [1.807, 2.05) is 42.7 Å². The lowest BCUT2D eigenvalue weighted by Gasteiger charge is -2.21. The molecular weight excluding hydrogens is 236 g/mol. The van der Waals surface area contributed by atoms with Crippen molar-refractivity contribution in [3.63, 3.8) is 0 Å². The van der Waals surface area contributed by atoms with Crippen LogP contribution in [0.3, 0.4) is 0 Å². The summed E-state index contributed by atoms with van der Waals surface area (Å²) >= 11 is 0. The minimum atomic E-state index is 0.138. The van der Waals surface area contributed by atoms with E-state index < -0.39 is 0 Å². The SMILES string of the molecule is CCCNC(c1ccncc1)c1ccccc1OC. The lowest BCUT2D eigenvalue weighted by Crippen LogP contribution is -2.23. The maximum absolute atomic E-state index is 5.47. The largest absolute Gasteiger partial charge is 0.496 e. The average Bonchev–Trinajstić information content (AvgIpc) is 2.49. The number of nitrogens with zero attached hydrogens (tertiary/aromatic N) is 1. The maximum Gasteiger partial charge on any atom is 0.123 e. The van der Waals surface area contributed by atoms with Gasteiger partial charge in [0.2, 0.25) is 0 Å². The molecule has 3 nitrogen and oxygen atoms in total. The van der Waals surface area contributed by atoms with Crippen LogP contribution in [0.2, 0.25) is 0 Å². The van der Waals surface area contributed by atoms with Gasteiger partial charge in [0, 0.05) is 18.0 Å². The number of para-hydroxylation sites is 1. The Balaban J connectivity index is 2.37. The summed E-state index contributed by atoms with van der Waals surface area (Å²) < 4.78 is 5.47. The van der Waals surface area contributed by atoms with Gasteiger partial charge >= 0.3 is 0 Å². The highest BCUT2D eigenvalue weighted by atomic mass is 16.5.